The molecule has 0 aliphatic heterocycles. The Labute approximate surface area is 94.7 Å². The van der Waals surface area contributed by atoms with Crippen molar-refractivity contribution < 1.29 is 9.09 Å². The summed E-state index contributed by atoms with van der Waals surface area (Å²) in [5.74, 6) is 0.841. The van der Waals surface area contributed by atoms with Gasteiger partial charge in [-0.2, -0.15) is 0 Å². The summed E-state index contributed by atoms with van der Waals surface area (Å²) in [4.78, 5) is 0. The molecule has 15 heavy (non-hydrogen) atoms. The highest BCUT2D eigenvalue weighted by Gasteiger charge is 2.18. The molecule has 0 bridgehead atoms. The van der Waals surface area contributed by atoms with Crippen LogP contribution >= 0.6 is 8.03 Å². The van der Waals surface area contributed by atoms with Gasteiger partial charge in [-0.15, -0.1) is 4.52 Å². The van der Waals surface area contributed by atoms with Gasteiger partial charge in [-0.05, 0) is 23.3 Å². The maximum absolute atomic E-state index is 11.4. The molecule has 1 aliphatic carbocycles. The fourth-order valence-electron chi connectivity index (χ4n) is 2.15. The van der Waals surface area contributed by atoms with E-state index in [0.29, 0.717) is 6.61 Å². The first-order chi connectivity index (χ1) is 7.33. The van der Waals surface area contributed by atoms with Crippen LogP contribution in [0, 0.1) is 5.92 Å². The lowest BCUT2D eigenvalue weighted by Crippen LogP contribution is -2.08. The zero-order chi connectivity index (χ0) is 10.9. The minimum absolute atomic E-state index is 0.712. The molecule has 1 saturated carbocycles. The lowest BCUT2D eigenvalue weighted by atomic mass is 9.87. The zero-order valence-electron chi connectivity index (χ0n) is 9.91. The first kappa shape index (κ1) is 13.1. The Balaban J connectivity index is 1.97. The summed E-state index contributed by atoms with van der Waals surface area (Å²) >= 11 is 0. The van der Waals surface area contributed by atoms with Gasteiger partial charge < -0.3 is 0 Å². The maximum atomic E-state index is 11.4. The Morgan fingerprint density at radius 1 is 1.27 bits per heavy atom. The van der Waals surface area contributed by atoms with Gasteiger partial charge in [0.25, 0.3) is 0 Å². The first-order valence-electron chi connectivity index (χ1n) is 6.40. The summed E-state index contributed by atoms with van der Waals surface area (Å²) < 4.78 is 16.7. The highest BCUT2D eigenvalue weighted by Crippen LogP contribution is 2.29. The predicted octanol–water partition coefficient (Wildman–Crippen LogP) is 4.52. The molecule has 2 nitrogen and oxygen atoms in total. The topological polar surface area (TPSA) is 26.3 Å². The molecule has 1 aliphatic rings. The minimum atomic E-state index is -1.36. The molecular formula is C12H24O2P+. The van der Waals surface area contributed by atoms with Crippen LogP contribution < -0.4 is 0 Å². The molecule has 0 aromatic carbocycles. The Morgan fingerprint density at radius 2 is 2.00 bits per heavy atom. The maximum Gasteiger partial charge on any atom is 0.508 e. The third kappa shape index (κ3) is 6.27. The van der Waals surface area contributed by atoms with Crippen LogP contribution in [0.2, 0.25) is 0 Å². The standard InChI is InChI=1S/C12H24O2P/c1-2-3-11-15(13)14-10-9-12-7-5-4-6-8-12/h12H,2-11H2,1H3/q+1. The van der Waals surface area contributed by atoms with Crippen molar-refractivity contribution in [2.75, 3.05) is 12.8 Å². The second-order valence-corrected chi connectivity index (χ2v) is 5.91. The van der Waals surface area contributed by atoms with Gasteiger partial charge in [0.15, 0.2) is 6.16 Å². The van der Waals surface area contributed by atoms with E-state index in [4.69, 9.17) is 4.52 Å². The van der Waals surface area contributed by atoms with Gasteiger partial charge in [-0.25, -0.2) is 0 Å². The van der Waals surface area contributed by atoms with E-state index in [0.717, 1.165) is 31.3 Å². The summed E-state index contributed by atoms with van der Waals surface area (Å²) in [5, 5.41) is 0. The molecule has 0 amide bonds. The fraction of sp³-hybridized carbons (Fsp3) is 1.00. The van der Waals surface area contributed by atoms with Crippen molar-refractivity contribution in [1.29, 1.82) is 0 Å². The lowest BCUT2D eigenvalue weighted by Gasteiger charge is -2.19. The Kier molecular flexibility index (Phi) is 7.21. The van der Waals surface area contributed by atoms with Crippen LogP contribution in [0.25, 0.3) is 0 Å². The Hall–Kier alpha value is 0.0600. The smallest absolute Gasteiger partial charge is 0.146 e. The van der Waals surface area contributed by atoms with Crippen LogP contribution in [-0.4, -0.2) is 12.8 Å². The number of hydrogen-bond acceptors (Lipinski definition) is 2. The fourth-order valence-corrected chi connectivity index (χ4v) is 3.16. The van der Waals surface area contributed by atoms with E-state index in [1.54, 1.807) is 0 Å². The van der Waals surface area contributed by atoms with E-state index in [9.17, 15) is 4.57 Å². The molecule has 3 heteroatoms. The van der Waals surface area contributed by atoms with Gasteiger partial charge in [-0.3, -0.25) is 0 Å². The van der Waals surface area contributed by atoms with Gasteiger partial charge in [0.2, 0.25) is 0 Å². The van der Waals surface area contributed by atoms with Crippen LogP contribution in [0.3, 0.4) is 0 Å². The second-order valence-electron chi connectivity index (χ2n) is 4.54. The Bertz CT molecular complexity index is 176. The average molecular weight is 231 g/mol. The quantitative estimate of drug-likeness (QED) is 0.602. The highest BCUT2D eigenvalue weighted by atomic mass is 31.1. The van der Waals surface area contributed by atoms with Gasteiger partial charge in [0.1, 0.15) is 6.61 Å². The SMILES string of the molecule is CCCC[P+](=O)OCCC1CCCCC1. The lowest BCUT2D eigenvalue weighted by molar-refractivity contribution is 0.254. The van der Waals surface area contributed by atoms with E-state index in [1.165, 1.54) is 32.1 Å². The highest BCUT2D eigenvalue weighted by molar-refractivity contribution is 7.39. The normalized spacial score (nSPS) is 19.1. The largest absolute Gasteiger partial charge is 0.508 e. The van der Waals surface area contributed by atoms with Crippen molar-refractivity contribution in [3.63, 3.8) is 0 Å². The molecule has 0 saturated heterocycles. The van der Waals surface area contributed by atoms with E-state index < -0.39 is 8.03 Å². The van der Waals surface area contributed by atoms with Crippen LogP contribution in [0.4, 0.5) is 0 Å². The van der Waals surface area contributed by atoms with E-state index in [2.05, 4.69) is 6.92 Å². The molecule has 88 valence electrons. The molecule has 0 heterocycles. The van der Waals surface area contributed by atoms with Crippen molar-refractivity contribution in [2.24, 2.45) is 5.92 Å². The van der Waals surface area contributed by atoms with Crippen molar-refractivity contribution in [2.45, 2.75) is 58.3 Å². The van der Waals surface area contributed by atoms with Crippen LogP contribution in [0.15, 0.2) is 0 Å². The van der Waals surface area contributed by atoms with Crippen molar-refractivity contribution >= 4 is 8.03 Å². The minimum Gasteiger partial charge on any atom is -0.146 e. The van der Waals surface area contributed by atoms with Crippen LogP contribution in [-0.2, 0) is 9.09 Å². The number of unbranched alkanes of at least 4 members (excludes halogenated alkanes) is 1. The van der Waals surface area contributed by atoms with Crippen LogP contribution in [0.5, 0.6) is 0 Å². The van der Waals surface area contributed by atoms with Gasteiger partial charge in [0, 0.05) is 0 Å². The molecule has 1 fully saturated rings. The van der Waals surface area contributed by atoms with E-state index in [1.807, 2.05) is 0 Å². The first-order valence-corrected chi connectivity index (χ1v) is 7.76. The predicted molar refractivity (Wildman–Crippen MR) is 64.5 cm³/mol. The monoisotopic (exact) mass is 231 g/mol. The van der Waals surface area contributed by atoms with Gasteiger partial charge >= 0.3 is 8.03 Å². The molecule has 0 spiro atoms. The summed E-state index contributed by atoms with van der Waals surface area (Å²) in [5.41, 5.74) is 0. The van der Waals surface area contributed by atoms with Crippen molar-refractivity contribution in [3.8, 4) is 0 Å². The summed E-state index contributed by atoms with van der Waals surface area (Å²) in [6.45, 7) is 2.83. The van der Waals surface area contributed by atoms with Gasteiger partial charge in [0.05, 0.1) is 0 Å². The molecule has 0 aromatic rings. The third-order valence-electron chi connectivity index (χ3n) is 3.18. The molecular weight excluding hydrogens is 207 g/mol. The van der Waals surface area contributed by atoms with Gasteiger partial charge in [-0.1, -0.05) is 45.4 Å². The van der Waals surface area contributed by atoms with Crippen molar-refractivity contribution in [1.82, 2.24) is 0 Å². The number of rotatable bonds is 7. The molecule has 1 unspecified atom stereocenters. The molecule has 0 radical (unpaired) electrons. The molecule has 1 atom stereocenters. The molecule has 0 aromatic heterocycles. The van der Waals surface area contributed by atoms with E-state index in [-0.39, 0.29) is 0 Å². The van der Waals surface area contributed by atoms with Crippen molar-refractivity contribution in [3.05, 3.63) is 0 Å². The Morgan fingerprint density at radius 3 is 2.67 bits per heavy atom. The third-order valence-corrected chi connectivity index (χ3v) is 4.33. The summed E-state index contributed by atoms with van der Waals surface area (Å²) in [7, 11) is -1.36. The average Bonchev–Trinajstić information content (AvgIpc) is 2.28. The summed E-state index contributed by atoms with van der Waals surface area (Å²) in [6, 6.07) is 0. The zero-order valence-corrected chi connectivity index (χ0v) is 10.8. The van der Waals surface area contributed by atoms with E-state index >= 15 is 0 Å². The number of hydrogen-bond donors (Lipinski definition) is 0. The van der Waals surface area contributed by atoms with Crippen LogP contribution in [0.1, 0.15) is 58.3 Å². The summed E-state index contributed by atoms with van der Waals surface area (Å²) in [6.07, 6.45) is 10.9. The second kappa shape index (κ2) is 8.24. The molecule has 0 N–H and O–H groups in total. The molecule has 1 rings (SSSR count).